The van der Waals surface area contributed by atoms with Gasteiger partial charge in [0.1, 0.15) is 5.82 Å². The molecular weight excluding hydrogens is 349 g/mol. The predicted molar refractivity (Wildman–Crippen MR) is 90.5 cm³/mol. The number of carbonyl (C=O) groups excluding carboxylic acids is 2. The highest BCUT2D eigenvalue weighted by Crippen LogP contribution is 2.07. The highest BCUT2D eigenvalue weighted by atomic mass is 32.2. The van der Waals surface area contributed by atoms with Gasteiger partial charge in [0.25, 0.3) is 0 Å². The molecule has 7 nitrogen and oxygen atoms in total. The molecule has 1 aliphatic rings. The Morgan fingerprint density at radius 1 is 1.08 bits per heavy atom. The molecule has 1 aromatic carbocycles. The third-order valence-corrected chi connectivity index (χ3v) is 5.37. The molecule has 138 valence electrons. The largest absolute Gasteiger partial charge is 0.339 e. The second kappa shape index (κ2) is 8.39. The van der Waals surface area contributed by atoms with Crippen LogP contribution < -0.4 is 4.72 Å². The van der Waals surface area contributed by atoms with E-state index in [1.165, 1.54) is 31.2 Å². The van der Waals surface area contributed by atoms with E-state index in [1.54, 1.807) is 9.80 Å². The van der Waals surface area contributed by atoms with Crippen molar-refractivity contribution in [2.24, 2.45) is 0 Å². The second-order valence-electron chi connectivity index (χ2n) is 5.92. The highest BCUT2D eigenvalue weighted by Gasteiger charge is 2.22. The third-order valence-electron chi connectivity index (χ3n) is 4.01. The Bertz CT molecular complexity index is 713. The summed E-state index contributed by atoms with van der Waals surface area (Å²) in [4.78, 5) is 26.7. The monoisotopic (exact) mass is 371 g/mol. The zero-order chi connectivity index (χ0) is 18.4. The van der Waals surface area contributed by atoms with Gasteiger partial charge in [0.2, 0.25) is 21.8 Å². The first-order valence-electron chi connectivity index (χ1n) is 8.02. The first-order valence-corrected chi connectivity index (χ1v) is 9.67. The Kier molecular flexibility index (Phi) is 6.49. The molecule has 0 atom stereocenters. The summed E-state index contributed by atoms with van der Waals surface area (Å²) in [6.45, 7) is 3.42. The summed E-state index contributed by atoms with van der Waals surface area (Å²) in [5, 5.41) is 0. The highest BCUT2D eigenvalue weighted by molar-refractivity contribution is 7.88. The van der Waals surface area contributed by atoms with Crippen LogP contribution in [-0.2, 0) is 25.4 Å². The molecule has 0 spiro atoms. The fourth-order valence-corrected chi connectivity index (χ4v) is 3.74. The number of benzene rings is 1. The standard InChI is InChI=1S/C16H22FN3O4S/c1-13(21)19-8-10-20(11-9-19)16(22)6-7-18-25(23,24)12-14-2-4-15(17)5-3-14/h2-5,18H,6-12H2,1H3. The van der Waals surface area contributed by atoms with Crippen LogP contribution in [0.3, 0.4) is 0 Å². The molecule has 1 aliphatic heterocycles. The van der Waals surface area contributed by atoms with Crippen molar-refractivity contribution in [2.75, 3.05) is 32.7 Å². The number of amides is 2. The molecule has 0 unspecified atom stereocenters. The van der Waals surface area contributed by atoms with Crippen molar-refractivity contribution in [3.8, 4) is 0 Å². The van der Waals surface area contributed by atoms with E-state index in [-0.39, 0.29) is 30.5 Å². The molecule has 2 rings (SSSR count). The molecule has 1 saturated heterocycles. The Labute approximate surface area is 146 Å². The van der Waals surface area contributed by atoms with Gasteiger partial charge in [0.05, 0.1) is 5.75 Å². The van der Waals surface area contributed by atoms with Crippen molar-refractivity contribution in [2.45, 2.75) is 19.1 Å². The van der Waals surface area contributed by atoms with Crippen LogP contribution in [-0.4, -0.2) is 62.8 Å². The minimum atomic E-state index is -3.59. The average Bonchev–Trinajstić information content (AvgIpc) is 2.56. The second-order valence-corrected chi connectivity index (χ2v) is 7.72. The normalized spacial score (nSPS) is 15.3. The van der Waals surface area contributed by atoms with Crippen molar-refractivity contribution in [3.05, 3.63) is 35.6 Å². The molecule has 0 aliphatic carbocycles. The van der Waals surface area contributed by atoms with Gasteiger partial charge in [-0.15, -0.1) is 0 Å². The average molecular weight is 371 g/mol. The number of halogens is 1. The zero-order valence-corrected chi connectivity index (χ0v) is 14.9. The Morgan fingerprint density at radius 2 is 1.64 bits per heavy atom. The molecular formula is C16H22FN3O4S. The number of sulfonamides is 1. The van der Waals surface area contributed by atoms with E-state index in [0.717, 1.165) is 0 Å². The minimum absolute atomic E-state index is 0.00921. The number of piperazine rings is 1. The van der Waals surface area contributed by atoms with Gasteiger partial charge in [-0.25, -0.2) is 17.5 Å². The Hall–Kier alpha value is -2.00. The SMILES string of the molecule is CC(=O)N1CCN(C(=O)CCNS(=O)(=O)Cc2ccc(F)cc2)CC1. The van der Waals surface area contributed by atoms with Crippen molar-refractivity contribution < 1.29 is 22.4 Å². The maximum atomic E-state index is 12.8. The summed E-state index contributed by atoms with van der Waals surface area (Å²) in [5.74, 6) is -0.850. The molecule has 0 saturated carbocycles. The molecule has 0 bridgehead atoms. The van der Waals surface area contributed by atoms with Crippen LogP contribution in [0.15, 0.2) is 24.3 Å². The number of rotatable bonds is 6. The summed E-state index contributed by atoms with van der Waals surface area (Å²) in [7, 11) is -3.59. The van der Waals surface area contributed by atoms with Crippen LogP contribution in [0.1, 0.15) is 18.9 Å². The van der Waals surface area contributed by atoms with E-state index in [0.29, 0.717) is 31.7 Å². The quantitative estimate of drug-likeness (QED) is 0.781. The molecule has 1 N–H and O–H groups in total. The van der Waals surface area contributed by atoms with Gasteiger partial charge < -0.3 is 9.80 Å². The first-order chi connectivity index (χ1) is 11.8. The van der Waals surface area contributed by atoms with E-state index in [1.807, 2.05) is 0 Å². The smallest absolute Gasteiger partial charge is 0.224 e. The molecule has 0 aromatic heterocycles. The van der Waals surface area contributed by atoms with Crippen LogP contribution in [0, 0.1) is 5.82 Å². The van der Waals surface area contributed by atoms with Gasteiger partial charge in [-0.2, -0.15) is 0 Å². The van der Waals surface area contributed by atoms with Crippen LogP contribution in [0.2, 0.25) is 0 Å². The maximum Gasteiger partial charge on any atom is 0.224 e. The number of nitrogens with one attached hydrogen (secondary N) is 1. The number of nitrogens with zero attached hydrogens (tertiary/aromatic N) is 2. The van der Waals surface area contributed by atoms with E-state index in [4.69, 9.17) is 0 Å². The lowest BCUT2D eigenvalue weighted by Gasteiger charge is -2.34. The van der Waals surface area contributed by atoms with Crippen molar-refractivity contribution in [1.82, 2.24) is 14.5 Å². The predicted octanol–water partition coefficient (Wildman–Crippen LogP) is 0.326. The summed E-state index contributed by atoms with van der Waals surface area (Å²) in [6.07, 6.45) is 0.0583. The Balaban J connectivity index is 1.75. The van der Waals surface area contributed by atoms with Crippen molar-refractivity contribution in [1.29, 1.82) is 0 Å². The molecule has 1 heterocycles. The van der Waals surface area contributed by atoms with E-state index < -0.39 is 15.8 Å². The number of hydrogen-bond donors (Lipinski definition) is 1. The third kappa shape index (κ3) is 6.09. The van der Waals surface area contributed by atoms with E-state index in [2.05, 4.69) is 4.72 Å². The van der Waals surface area contributed by atoms with Crippen molar-refractivity contribution in [3.63, 3.8) is 0 Å². The molecule has 25 heavy (non-hydrogen) atoms. The molecule has 2 amide bonds. The lowest BCUT2D eigenvalue weighted by atomic mass is 10.2. The molecule has 1 aromatic rings. The summed E-state index contributed by atoms with van der Waals surface area (Å²) in [6, 6.07) is 5.23. The van der Waals surface area contributed by atoms with Gasteiger partial charge in [0, 0.05) is 46.1 Å². The van der Waals surface area contributed by atoms with Gasteiger partial charge >= 0.3 is 0 Å². The Morgan fingerprint density at radius 3 is 2.20 bits per heavy atom. The number of hydrogen-bond acceptors (Lipinski definition) is 4. The topological polar surface area (TPSA) is 86.8 Å². The first kappa shape index (κ1) is 19.3. The fraction of sp³-hybridized carbons (Fsp3) is 0.500. The molecule has 0 radical (unpaired) electrons. The fourth-order valence-electron chi connectivity index (χ4n) is 2.59. The number of carbonyl (C=O) groups is 2. The molecule has 1 fully saturated rings. The van der Waals surface area contributed by atoms with Gasteiger partial charge in [-0.05, 0) is 17.7 Å². The van der Waals surface area contributed by atoms with E-state index in [9.17, 15) is 22.4 Å². The lowest BCUT2D eigenvalue weighted by molar-refractivity contribution is -0.138. The van der Waals surface area contributed by atoms with Gasteiger partial charge in [-0.1, -0.05) is 12.1 Å². The van der Waals surface area contributed by atoms with Crippen molar-refractivity contribution >= 4 is 21.8 Å². The van der Waals surface area contributed by atoms with Crippen LogP contribution in [0.5, 0.6) is 0 Å². The van der Waals surface area contributed by atoms with Crippen LogP contribution in [0.25, 0.3) is 0 Å². The lowest BCUT2D eigenvalue weighted by Crippen LogP contribution is -2.50. The summed E-state index contributed by atoms with van der Waals surface area (Å²) in [5.41, 5.74) is 0.473. The van der Waals surface area contributed by atoms with Gasteiger partial charge in [-0.3, -0.25) is 9.59 Å². The maximum absolute atomic E-state index is 12.8. The van der Waals surface area contributed by atoms with Crippen LogP contribution >= 0.6 is 0 Å². The van der Waals surface area contributed by atoms with E-state index >= 15 is 0 Å². The summed E-state index contributed by atoms with van der Waals surface area (Å²) < 4.78 is 39.2. The van der Waals surface area contributed by atoms with Crippen LogP contribution in [0.4, 0.5) is 4.39 Å². The zero-order valence-electron chi connectivity index (χ0n) is 14.1. The molecule has 9 heteroatoms. The summed E-state index contributed by atoms with van der Waals surface area (Å²) >= 11 is 0. The minimum Gasteiger partial charge on any atom is -0.339 e. The van der Waals surface area contributed by atoms with Gasteiger partial charge in [0.15, 0.2) is 0 Å².